The van der Waals surface area contributed by atoms with Gasteiger partial charge in [-0.3, -0.25) is 9.59 Å². The molecule has 2 heterocycles. The molecule has 2 amide bonds. The SMILES string of the molecule is CCCC(=O)N(CCOC)CC(=O)N1CCc2sccc2[C@@H]1c1ccccc1. The second kappa shape index (κ2) is 9.85. The Kier molecular flexibility index (Phi) is 7.23. The van der Waals surface area contributed by atoms with Gasteiger partial charge < -0.3 is 14.5 Å². The molecule has 0 radical (unpaired) electrons. The Morgan fingerprint density at radius 2 is 2.04 bits per heavy atom. The van der Waals surface area contributed by atoms with Gasteiger partial charge in [0.15, 0.2) is 0 Å². The van der Waals surface area contributed by atoms with Crippen LogP contribution in [0.1, 0.15) is 41.8 Å². The summed E-state index contributed by atoms with van der Waals surface area (Å²) < 4.78 is 5.14. The van der Waals surface area contributed by atoms with Gasteiger partial charge in [0.05, 0.1) is 19.2 Å². The van der Waals surface area contributed by atoms with E-state index >= 15 is 0 Å². The van der Waals surface area contributed by atoms with E-state index in [-0.39, 0.29) is 24.4 Å². The molecule has 0 unspecified atom stereocenters. The van der Waals surface area contributed by atoms with E-state index in [4.69, 9.17) is 4.74 Å². The molecular formula is C22H28N2O3S. The van der Waals surface area contributed by atoms with E-state index in [0.717, 1.165) is 18.4 Å². The zero-order chi connectivity index (χ0) is 19.9. The Bertz CT molecular complexity index is 790. The fourth-order valence-corrected chi connectivity index (χ4v) is 4.60. The Balaban J connectivity index is 1.83. The van der Waals surface area contributed by atoms with Gasteiger partial charge in [-0.15, -0.1) is 11.3 Å². The van der Waals surface area contributed by atoms with Gasteiger partial charge in [0.2, 0.25) is 11.8 Å². The number of thiophene rings is 1. The Hall–Kier alpha value is -2.18. The van der Waals surface area contributed by atoms with Crippen molar-refractivity contribution in [1.29, 1.82) is 0 Å². The second-order valence-corrected chi connectivity index (χ2v) is 8.01. The van der Waals surface area contributed by atoms with Crippen molar-refractivity contribution in [1.82, 2.24) is 9.80 Å². The van der Waals surface area contributed by atoms with Crippen LogP contribution in [0.25, 0.3) is 0 Å². The van der Waals surface area contributed by atoms with Crippen LogP contribution in [0.5, 0.6) is 0 Å². The highest BCUT2D eigenvalue weighted by Gasteiger charge is 2.33. The van der Waals surface area contributed by atoms with E-state index in [1.165, 1.54) is 10.4 Å². The van der Waals surface area contributed by atoms with Crippen LogP contribution < -0.4 is 0 Å². The fraction of sp³-hybridized carbons (Fsp3) is 0.455. The van der Waals surface area contributed by atoms with E-state index in [0.29, 0.717) is 26.1 Å². The highest BCUT2D eigenvalue weighted by Crippen LogP contribution is 2.37. The zero-order valence-electron chi connectivity index (χ0n) is 16.6. The number of methoxy groups -OCH3 is 1. The monoisotopic (exact) mass is 400 g/mol. The molecule has 150 valence electrons. The number of benzene rings is 1. The molecule has 1 aromatic carbocycles. The number of carbonyl (C=O) groups is 2. The quantitative estimate of drug-likeness (QED) is 0.681. The number of hydrogen-bond donors (Lipinski definition) is 0. The first-order valence-corrected chi connectivity index (χ1v) is 10.7. The summed E-state index contributed by atoms with van der Waals surface area (Å²) in [6.07, 6.45) is 2.09. The lowest BCUT2D eigenvalue weighted by Crippen LogP contribution is -2.47. The molecule has 5 nitrogen and oxygen atoms in total. The van der Waals surface area contributed by atoms with E-state index in [1.54, 1.807) is 23.3 Å². The Labute approximate surface area is 170 Å². The van der Waals surface area contributed by atoms with Crippen LogP contribution in [-0.2, 0) is 20.7 Å². The highest BCUT2D eigenvalue weighted by molar-refractivity contribution is 7.10. The van der Waals surface area contributed by atoms with Crippen molar-refractivity contribution in [3.8, 4) is 0 Å². The van der Waals surface area contributed by atoms with Crippen LogP contribution in [0.4, 0.5) is 0 Å². The van der Waals surface area contributed by atoms with Gasteiger partial charge in [-0.25, -0.2) is 0 Å². The van der Waals surface area contributed by atoms with Crippen LogP contribution in [0.15, 0.2) is 41.8 Å². The van der Waals surface area contributed by atoms with Gasteiger partial charge in [0.1, 0.15) is 0 Å². The molecule has 0 N–H and O–H groups in total. The molecule has 1 aliphatic heterocycles. The molecule has 28 heavy (non-hydrogen) atoms. The van der Waals surface area contributed by atoms with Crippen molar-refractivity contribution in [2.24, 2.45) is 0 Å². The smallest absolute Gasteiger partial charge is 0.242 e. The number of ether oxygens (including phenoxy) is 1. The number of nitrogens with zero attached hydrogens (tertiary/aromatic N) is 2. The lowest BCUT2D eigenvalue weighted by atomic mass is 9.93. The van der Waals surface area contributed by atoms with Crippen molar-refractivity contribution < 1.29 is 14.3 Å². The van der Waals surface area contributed by atoms with Crippen LogP contribution >= 0.6 is 11.3 Å². The van der Waals surface area contributed by atoms with Gasteiger partial charge in [0.25, 0.3) is 0 Å². The minimum absolute atomic E-state index is 0.00809. The predicted molar refractivity (Wildman–Crippen MR) is 111 cm³/mol. The van der Waals surface area contributed by atoms with E-state index in [9.17, 15) is 9.59 Å². The maximum absolute atomic E-state index is 13.3. The molecule has 1 aromatic heterocycles. The molecule has 0 bridgehead atoms. The lowest BCUT2D eigenvalue weighted by Gasteiger charge is -2.37. The van der Waals surface area contributed by atoms with Gasteiger partial charge >= 0.3 is 0 Å². The molecule has 3 rings (SSSR count). The molecule has 0 aliphatic carbocycles. The lowest BCUT2D eigenvalue weighted by molar-refractivity contribution is -0.142. The van der Waals surface area contributed by atoms with Gasteiger partial charge in [-0.2, -0.15) is 0 Å². The zero-order valence-corrected chi connectivity index (χ0v) is 17.4. The summed E-state index contributed by atoms with van der Waals surface area (Å²) in [6.45, 7) is 3.62. The summed E-state index contributed by atoms with van der Waals surface area (Å²) in [5.74, 6) is 0.00338. The van der Waals surface area contributed by atoms with Crippen LogP contribution in [-0.4, -0.2) is 55.0 Å². The number of rotatable bonds is 8. The number of carbonyl (C=O) groups excluding carboxylic acids is 2. The van der Waals surface area contributed by atoms with Gasteiger partial charge in [-0.05, 0) is 35.4 Å². The van der Waals surface area contributed by atoms with Gasteiger partial charge in [0, 0.05) is 31.5 Å². The number of amides is 2. The summed E-state index contributed by atoms with van der Waals surface area (Å²) in [4.78, 5) is 30.7. The summed E-state index contributed by atoms with van der Waals surface area (Å²) in [6, 6.07) is 12.2. The predicted octanol–water partition coefficient (Wildman–Crippen LogP) is 3.50. The van der Waals surface area contributed by atoms with Crippen molar-refractivity contribution in [2.45, 2.75) is 32.2 Å². The van der Waals surface area contributed by atoms with Crippen molar-refractivity contribution in [3.63, 3.8) is 0 Å². The molecule has 6 heteroatoms. The molecular weight excluding hydrogens is 372 g/mol. The standard InChI is InChI=1S/C22H28N2O3S/c1-3-7-20(25)23(13-14-27-2)16-21(26)24-12-10-19-18(11-15-28-19)22(24)17-8-5-4-6-9-17/h4-6,8-9,11,15,22H,3,7,10,12-14,16H2,1-2H3/t22-/m0/s1. The second-order valence-electron chi connectivity index (χ2n) is 7.01. The van der Waals surface area contributed by atoms with Crippen LogP contribution in [0, 0.1) is 0 Å². The Morgan fingerprint density at radius 3 is 2.75 bits per heavy atom. The molecule has 0 saturated heterocycles. The summed E-state index contributed by atoms with van der Waals surface area (Å²) in [5, 5.41) is 2.10. The molecule has 0 saturated carbocycles. The van der Waals surface area contributed by atoms with E-state index in [1.807, 2.05) is 30.0 Å². The van der Waals surface area contributed by atoms with Gasteiger partial charge in [-0.1, -0.05) is 37.3 Å². The largest absolute Gasteiger partial charge is 0.383 e. The van der Waals surface area contributed by atoms with Crippen LogP contribution in [0.3, 0.4) is 0 Å². The number of fused-ring (bicyclic) bond motifs is 1. The van der Waals surface area contributed by atoms with Crippen molar-refractivity contribution in [3.05, 3.63) is 57.8 Å². The molecule has 0 fully saturated rings. The average Bonchev–Trinajstić information content (AvgIpc) is 3.19. The third-order valence-corrected chi connectivity index (χ3v) is 6.11. The highest BCUT2D eigenvalue weighted by atomic mass is 32.1. The average molecular weight is 401 g/mol. The molecule has 1 aliphatic rings. The first kappa shape index (κ1) is 20.6. The first-order valence-electron chi connectivity index (χ1n) is 9.83. The summed E-state index contributed by atoms with van der Waals surface area (Å²) >= 11 is 1.76. The summed E-state index contributed by atoms with van der Waals surface area (Å²) in [7, 11) is 1.61. The third-order valence-electron chi connectivity index (χ3n) is 5.11. The minimum atomic E-state index is -0.0887. The molecule has 0 spiro atoms. The van der Waals surface area contributed by atoms with Crippen LogP contribution in [0.2, 0.25) is 0 Å². The summed E-state index contributed by atoms with van der Waals surface area (Å²) in [5.41, 5.74) is 2.32. The van der Waals surface area contributed by atoms with E-state index < -0.39 is 0 Å². The maximum atomic E-state index is 13.3. The molecule has 2 aromatic rings. The Morgan fingerprint density at radius 1 is 1.25 bits per heavy atom. The minimum Gasteiger partial charge on any atom is -0.383 e. The first-order chi connectivity index (χ1) is 13.7. The van der Waals surface area contributed by atoms with Crippen molar-refractivity contribution >= 4 is 23.2 Å². The number of hydrogen-bond acceptors (Lipinski definition) is 4. The molecule has 1 atom stereocenters. The van der Waals surface area contributed by atoms with E-state index in [2.05, 4.69) is 23.6 Å². The fourth-order valence-electron chi connectivity index (χ4n) is 3.70. The van der Waals surface area contributed by atoms with Crippen molar-refractivity contribution in [2.75, 3.05) is 33.4 Å². The normalized spacial score (nSPS) is 15.9. The maximum Gasteiger partial charge on any atom is 0.242 e. The topological polar surface area (TPSA) is 49.9 Å². The third kappa shape index (κ3) is 4.62.